The van der Waals surface area contributed by atoms with E-state index >= 15 is 0 Å². The van der Waals surface area contributed by atoms with Crippen molar-refractivity contribution >= 4 is 113 Å². The smallest absolute Gasteiger partial charge is 0.184 e. The monoisotopic (exact) mass is 949 g/mol. The van der Waals surface area contributed by atoms with Gasteiger partial charge in [0, 0.05) is 34.0 Å². The van der Waals surface area contributed by atoms with E-state index < -0.39 is 16.1 Å². The van der Waals surface area contributed by atoms with Crippen LogP contribution in [0.15, 0.2) is 285 Å². The van der Waals surface area contributed by atoms with E-state index in [0.717, 1.165) is 34.1 Å². The summed E-state index contributed by atoms with van der Waals surface area (Å²) in [6, 6.07) is 106. The van der Waals surface area contributed by atoms with Crippen LogP contribution in [0.25, 0.3) is 32.8 Å². The molecule has 0 aliphatic carbocycles. The highest BCUT2D eigenvalue weighted by atomic mass is 28.3. The number of fused-ring (bicyclic) bond motifs is 6. The first-order valence-corrected chi connectivity index (χ1v) is 28.9. The second-order valence-electron chi connectivity index (χ2n) is 19.0. The molecule has 0 saturated carbocycles. The fraction of sp³-hybridized carbons (Fsp3) is 0. The molecule has 3 heterocycles. The lowest BCUT2D eigenvalue weighted by molar-refractivity contribution is 1.18. The van der Waals surface area contributed by atoms with E-state index in [1.165, 1.54) is 74.4 Å². The van der Waals surface area contributed by atoms with Crippen molar-refractivity contribution in [2.75, 3.05) is 9.80 Å². The summed E-state index contributed by atoms with van der Waals surface area (Å²) < 4.78 is 0. The fourth-order valence-electron chi connectivity index (χ4n) is 12.3. The zero-order chi connectivity index (χ0) is 47.6. The minimum Gasteiger partial charge on any atom is -0.311 e. The maximum Gasteiger partial charge on any atom is 0.184 e. The SMILES string of the molecule is c1ccc([Si]2(c3ccc4ccccc4c3)c3ccccc3N(c3cccc(-c4cccc(N5c6ccccc6[Si](c6ccccc6)(c6ccc7ccccc7c6)c6ccccc65)n4)c3)c3ccccc32)cc1. The molecule has 0 atom stereocenters. The molecule has 0 N–H and O–H groups in total. The normalized spacial score (nSPS) is 14.0. The molecule has 0 fully saturated rings. The molecule has 5 heteroatoms. The molecule has 0 spiro atoms. The summed E-state index contributed by atoms with van der Waals surface area (Å²) in [7, 11) is -5.72. The van der Waals surface area contributed by atoms with Crippen LogP contribution in [-0.2, 0) is 0 Å². The number of hydrogen-bond donors (Lipinski definition) is 0. The van der Waals surface area contributed by atoms with Crippen LogP contribution in [0.4, 0.5) is 34.3 Å². The Balaban J connectivity index is 0.919. The molecule has 2 aliphatic rings. The van der Waals surface area contributed by atoms with Crippen LogP contribution in [0.2, 0.25) is 0 Å². The molecule has 14 rings (SSSR count). The van der Waals surface area contributed by atoms with Gasteiger partial charge in [0.15, 0.2) is 16.1 Å². The molecule has 0 amide bonds. The molecule has 2 aliphatic heterocycles. The maximum atomic E-state index is 5.63. The highest BCUT2D eigenvalue weighted by molar-refractivity contribution is 7.22. The van der Waals surface area contributed by atoms with Gasteiger partial charge >= 0.3 is 0 Å². The second-order valence-corrected chi connectivity index (χ2v) is 26.5. The maximum absolute atomic E-state index is 5.63. The minimum absolute atomic E-state index is 0.884. The average Bonchev–Trinajstić information content (AvgIpc) is 3.46. The molecule has 11 aromatic carbocycles. The number of nitrogens with zero attached hydrogens (tertiary/aromatic N) is 3. The van der Waals surface area contributed by atoms with Crippen molar-refractivity contribution in [3.05, 3.63) is 285 Å². The Morgan fingerprint density at radius 3 is 1.15 bits per heavy atom. The first-order chi connectivity index (χ1) is 35.7. The third-order valence-corrected chi connectivity index (χ3v) is 25.0. The first-order valence-electron chi connectivity index (χ1n) is 24.9. The molecule has 0 unspecified atom stereocenters. The molecule has 72 heavy (non-hydrogen) atoms. The van der Waals surface area contributed by atoms with Crippen LogP contribution in [0.3, 0.4) is 0 Å². The topological polar surface area (TPSA) is 19.4 Å². The Bertz CT molecular complexity index is 3680. The van der Waals surface area contributed by atoms with Gasteiger partial charge < -0.3 is 4.90 Å². The number of hydrogen-bond acceptors (Lipinski definition) is 3. The molecular formula is C67H47N3Si2. The van der Waals surface area contributed by atoms with Crippen molar-refractivity contribution in [3.63, 3.8) is 0 Å². The summed E-state index contributed by atoms with van der Waals surface area (Å²) in [4.78, 5) is 10.5. The van der Waals surface area contributed by atoms with Crippen molar-refractivity contribution in [1.29, 1.82) is 0 Å². The van der Waals surface area contributed by atoms with E-state index in [9.17, 15) is 0 Å². The van der Waals surface area contributed by atoms with Crippen molar-refractivity contribution in [3.8, 4) is 11.3 Å². The summed E-state index contributed by atoms with van der Waals surface area (Å²) in [5.74, 6) is 0.884. The molecule has 338 valence electrons. The number of aromatic nitrogens is 1. The molecule has 0 bridgehead atoms. The number of para-hydroxylation sites is 4. The van der Waals surface area contributed by atoms with Gasteiger partial charge in [-0.25, -0.2) is 4.98 Å². The quantitative estimate of drug-likeness (QED) is 0.148. The summed E-state index contributed by atoms with van der Waals surface area (Å²) in [6.45, 7) is 0. The zero-order valence-corrected chi connectivity index (χ0v) is 41.5. The van der Waals surface area contributed by atoms with Crippen LogP contribution >= 0.6 is 0 Å². The molecular weight excluding hydrogens is 903 g/mol. The summed E-state index contributed by atoms with van der Waals surface area (Å²) in [5.41, 5.74) is 7.80. The van der Waals surface area contributed by atoms with Crippen LogP contribution in [0.5, 0.6) is 0 Å². The summed E-state index contributed by atoms with van der Waals surface area (Å²) in [6.07, 6.45) is 0. The van der Waals surface area contributed by atoms with Crippen LogP contribution in [0.1, 0.15) is 0 Å². The van der Waals surface area contributed by atoms with Gasteiger partial charge in [-0.15, -0.1) is 0 Å². The van der Waals surface area contributed by atoms with Gasteiger partial charge in [0.1, 0.15) is 5.82 Å². The Labute approximate surface area is 422 Å². The highest BCUT2D eigenvalue weighted by Gasteiger charge is 2.50. The lowest BCUT2D eigenvalue weighted by Crippen LogP contribution is -2.77. The minimum atomic E-state index is -2.87. The van der Waals surface area contributed by atoms with Crippen LogP contribution < -0.4 is 51.3 Å². The number of anilines is 6. The Hall–Kier alpha value is -8.88. The molecule has 3 nitrogen and oxygen atoms in total. The third-order valence-electron chi connectivity index (χ3n) is 15.3. The Morgan fingerprint density at radius 1 is 0.264 bits per heavy atom. The summed E-state index contributed by atoms with van der Waals surface area (Å²) >= 11 is 0. The van der Waals surface area contributed by atoms with E-state index in [4.69, 9.17) is 4.98 Å². The summed E-state index contributed by atoms with van der Waals surface area (Å²) in [5, 5.41) is 15.9. The Morgan fingerprint density at radius 2 is 0.667 bits per heavy atom. The fourth-order valence-corrected chi connectivity index (χ4v) is 22.6. The highest BCUT2D eigenvalue weighted by Crippen LogP contribution is 2.42. The number of pyridine rings is 1. The van der Waals surface area contributed by atoms with E-state index in [0.29, 0.717) is 0 Å². The van der Waals surface area contributed by atoms with Gasteiger partial charge in [-0.05, 0) is 112 Å². The second kappa shape index (κ2) is 16.9. The number of rotatable bonds is 7. The van der Waals surface area contributed by atoms with Gasteiger partial charge in [0.25, 0.3) is 0 Å². The molecule has 1 aromatic heterocycles. The molecule has 0 saturated heterocycles. The van der Waals surface area contributed by atoms with Crippen molar-refractivity contribution in [2.24, 2.45) is 0 Å². The molecule has 12 aromatic rings. The van der Waals surface area contributed by atoms with Gasteiger partial charge in [-0.2, -0.15) is 0 Å². The predicted molar refractivity (Wildman–Crippen MR) is 308 cm³/mol. The molecule has 0 radical (unpaired) electrons. The standard InChI is InChI=1S/C67H47N3Si2/c1-3-27-54(28-4-1)71(56-43-41-48-21-7-9-23-50(48)46-56)63-36-15-11-32-59(63)69(60-33-12-16-37-64(60)71)53-26-19-25-52(45-53)58-31-20-40-67(68-58)70-61-34-13-17-38-65(61)72(55-29-5-2-6-30-55,66-39-18-14-35-62(66)70)57-44-42-49-22-8-10-24-51(49)47-57/h1-47H. The third kappa shape index (κ3) is 6.31. The van der Waals surface area contributed by atoms with Crippen LogP contribution in [-0.4, -0.2) is 21.1 Å². The van der Waals surface area contributed by atoms with Crippen molar-refractivity contribution in [2.45, 2.75) is 0 Å². The van der Waals surface area contributed by atoms with Crippen molar-refractivity contribution in [1.82, 2.24) is 4.98 Å². The first kappa shape index (κ1) is 42.0. The zero-order valence-electron chi connectivity index (χ0n) is 39.5. The van der Waals surface area contributed by atoms with E-state index in [1.54, 1.807) is 0 Å². The van der Waals surface area contributed by atoms with E-state index in [2.05, 4.69) is 295 Å². The van der Waals surface area contributed by atoms with Gasteiger partial charge in [0.05, 0.1) is 5.69 Å². The lowest BCUT2D eigenvalue weighted by atomic mass is 10.1. The van der Waals surface area contributed by atoms with Crippen molar-refractivity contribution < 1.29 is 0 Å². The largest absolute Gasteiger partial charge is 0.311 e. The average molecular weight is 950 g/mol. The van der Waals surface area contributed by atoms with E-state index in [-0.39, 0.29) is 0 Å². The number of benzene rings is 11. The Kier molecular flexibility index (Phi) is 9.88. The lowest BCUT2D eigenvalue weighted by Gasteiger charge is -2.45. The van der Waals surface area contributed by atoms with Gasteiger partial charge in [-0.1, -0.05) is 237 Å². The van der Waals surface area contributed by atoms with Gasteiger partial charge in [-0.3, -0.25) is 4.90 Å². The van der Waals surface area contributed by atoms with Crippen LogP contribution in [0, 0.1) is 0 Å². The van der Waals surface area contributed by atoms with E-state index in [1.807, 2.05) is 0 Å². The van der Waals surface area contributed by atoms with Gasteiger partial charge in [0.2, 0.25) is 0 Å². The predicted octanol–water partition coefficient (Wildman–Crippen LogP) is 11.4.